The van der Waals surface area contributed by atoms with Crippen molar-refractivity contribution in [1.29, 1.82) is 0 Å². The first-order valence-electron chi connectivity index (χ1n) is 7.29. The molecule has 2 aliphatic carbocycles. The van der Waals surface area contributed by atoms with Crippen LogP contribution < -0.4 is 11.1 Å². The summed E-state index contributed by atoms with van der Waals surface area (Å²) < 4.78 is 5.88. The summed E-state index contributed by atoms with van der Waals surface area (Å²) in [6.45, 7) is 2.53. The molecule has 0 heterocycles. The van der Waals surface area contributed by atoms with Crippen molar-refractivity contribution >= 4 is 5.91 Å². The van der Waals surface area contributed by atoms with E-state index in [9.17, 15) is 4.79 Å². The molecule has 0 aromatic rings. The maximum absolute atomic E-state index is 11.6. The Morgan fingerprint density at radius 3 is 2.50 bits per heavy atom. The van der Waals surface area contributed by atoms with Gasteiger partial charge in [0.1, 0.15) is 0 Å². The summed E-state index contributed by atoms with van der Waals surface area (Å²) in [6, 6.07) is 0.484. The number of hydrogen-bond donors (Lipinski definition) is 2. The molecule has 2 saturated carbocycles. The highest BCUT2D eigenvalue weighted by Crippen LogP contribution is 2.25. The van der Waals surface area contributed by atoms with Gasteiger partial charge in [-0.25, -0.2) is 0 Å². The summed E-state index contributed by atoms with van der Waals surface area (Å²) in [5.41, 5.74) is 4.91. The Balaban J connectivity index is 1.72. The maximum Gasteiger partial charge on any atom is 0.237 e. The van der Waals surface area contributed by atoms with E-state index in [1.54, 1.807) is 0 Å². The molecule has 1 amide bonds. The van der Waals surface area contributed by atoms with E-state index in [2.05, 4.69) is 5.32 Å². The minimum Gasteiger partial charge on any atom is -0.378 e. The third-order valence-corrected chi connectivity index (χ3v) is 4.15. The van der Waals surface area contributed by atoms with Crippen molar-refractivity contribution in [2.75, 3.05) is 6.61 Å². The van der Waals surface area contributed by atoms with Crippen LogP contribution in [0.25, 0.3) is 0 Å². The molecular weight excluding hydrogens is 228 g/mol. The molecule has 0 aromatic carbocycles. The van der Waals surface area contributed by atoms with E-state index in [-0.39, 0.29) is 5.91 Å². The topological polar surface area (TPSA) is 64.3 Å². The molecule has 0 aromatic heterocycles. The molecule has 0 saturated heterocycles. The molecule has 4 nitrogen and oxygen atoms in total. The van der Waals surface area contributed by atoms with Gasteiger partial charge in [0.15, 0.2) is 0 Å². The zero-order valence-corrected chi connectivity index (χ0v) is 11.4. The minimum absolute atomic E-state index is 0.262. The SMILES string of the molecule is CC(CCOC1CCCCC1)(NC1CC1)C(N)=O. The van der Waals surface area contributed by atoms with Crippen LogP contribution in [0.4, 0.5) is 0 Å². The van der Waals surface area contributed by atoms with Crippen molar-refractivity contribution in [3.63, 3.8) is 0 Å². The summed E-state index contributed by atoms with van der Waals surface area (Å²) in [5.74, 6) is -0.262. The first-order chi connectivity index (χ1) is 8.60. The van der Waals surface area contributed by atoms with E-state index in [1.165, 1.54) is 32.1 Å². The Bertz CT molecular complexity index is 286. The largest absolute Gasteiger partial charge is 0.378 e. The van der Waals surface area contributed by atoms with Crippen LogP contribution in [-0.4, -0.2) is 30.2 Å². The molecule has 0 radical (unpaired) electrons. The number of hydrogen-bond acceptors (Lipinski definition) is 3. The van der Waals surface area contributed by atoms with E-state index < -0.39 is 5.54 Å². The second-order valence-electron chi connectivity index (χ2n) is 6.00. The number of nitrogens with two attached hydrogens (primary N) is 1. The van der Waals surface area contributed by atoms with Gasteiger partial charge in [-0.15, -0.1) is 0 Å². The average Bonchev–Trinajstić information content (AvgIpc) is 3.14. The Kier molecular flexibility index (Phi) is 4.62. The van der Waals surface area contributed by atoms with E-state index in [4.69, 9.17) is 10.5 Å². The number of ether oxygens (including phenoxy) is 1. The molecule has 3 N–H and O–H groups in total. The minimum atomic E-state index is -0.601. The number of amides is 1. The Morgan fingerprint density at radius 1 is 1.28 bits per heavy atom. The van der Waals surface area contributed by atoms with Gasteiger partial charge in [-0.05, 0) is 39.0 Å². The number of rotatable bonds is 7. The van der Waals surface area contributed by atoms with Gasteiger partial charge in [0.2, 0.25) is 5.91 Å². The van der Waals surface area contributed by atoms with Crippen LogP contribution in [0.1, 0.15) is 58.3 Å². The number of primary amides is 1. The fourth-order valence-electron chi connectivity index (χ4n) is 2.61. The Morgan fingerprint density at radius 2 is 1.94 bits per heavy atom. The summed E-state index contributed by atoms with van der Waals surface area (Å²) in [4.78, 5) is 11.6. The first kappa shape index (κ1) is 13.8. The van der Waals surface area contributed by atoms with E-state index in [0.717, 1.165) is 12.8 Å². The molecule has 1 atom stereocenters. The van der Waals surface area contributed by atoms with Crippen LogP contribution in [0.2, 0.25) is 0 Å². The van der Waals surface area contributed by atoms with Gasteiger partial charge in [-0.3, -0.25) is 4.79 Å². The zero-order valence-electron chi connectivity index (χ0n) is 11.4. The number of carbonyl (C=O) groups excluding carboxylic acids is 1. The van der Waals surface area contributed by atoms with E-state index in [1.807, 2.05) is 6.92 Å². The quantitative estimate of drug-likeness (QED) is 0.727. The maximum atomic E-state index is 11.6. The standard InChI is InChI=1S/C14H26N2O2/c1-14(13(15)17,16-11-7-8-11)9-10-18-12-5-3-2-4-6-12/h11-12,16H,2-10H2,1H3,(H2,15,17). The van der Waals surface area contributed by atoms with Crippen LogP contribution in [0, 0.1) is 0 Å². The van der Waals surface area contributed by atoms with Crippen molar-refractivity contribution in [2.24, 2.45) is 5.73 Å². The summed E-state index contributed by atoms with van der Waals surface area (Å²) >= 11 is 0. The normalized spacial score (nSPS) is 24.7. The lowest BCUT2D eigenvalue weighted by Gasteiger charge is -2.29. The molecule has 1 unspecified atom stereocenters. The third-order valence-electron chi connectivity index (χ3n) is 4.15. The fourth-order valence-corrected chi connectivity index (χ4v) is 2.61. The molecule has 0 aliphatic heterocycles. The van der Waals surface area contributed by atoms with Crippen molar-refractivity contribution in [3.8, 4) is 0 Å². The van der Waals surface area contributed by atoms with Gasteiger partial charge >= 0.3 is 0 Å². The predicted octanol–water partition coefficient (Wildman–Crippen LogP) is 1.72. The highest BCUT2D eigenvalue weighted by molar-refractivity contribution is 5.84. The molecule has 2 aliphatic rings. The van der Waals surface area contributed by atoms with Crippen molar-refractivity contribution in [2.45, 2.75) is 76.0 Å². The summed E-state index contributed by atoms with van der Waals surface area (Å²) in [5, 5.41) is 3.35. The average molecular weight is 254 g/mol. The molecule has 4 heteroatoms. The predicted molar refractivity (Wildman–Crippen MR) is 71.2 cm³/mol. The first-order valence-corrected chi connectivity index (χ1v) is 7.29. The van der Waals surface area contributed by atoms with Crippen LogP contribution in [0.15, 0.2) is 0 Å². The summed E-state index contributed by atoms with van der Waals surface area (Å²) in [6.07, 6.45) is 9.62. The van der Waals surface area contributed by atoms with Gasteiger partial charge in [-0.1, -0.05) is 19.3 Å². The van der Waals surface area contributed by atoms with Crippen LogP contribution in [0.3, 0.4) is 0 Å². The van der Waals surface area contributed by atoms with Crippen molar-refractivity contribution in [1.82, 2.24) is 5.32 Å². The molecule has 2 rings (SSSR count). The lowest BCUT2D eigenvalue weighted by Crippen LogP contribution is -2.54. The Hall–Kier alpha value is -0.610. The monoisotopic (exact) mass is 254 g/mol. The molecule has 0 bridgehead atoms. The van der Waals surface area contributed by atoms with E-state index >= 15 is 0 Å². The zero-order chi connectivity index (χ0) is 13.0. The van der Waals surface area contributed by atoms with Gasteiger partial charge in [0.25, 0.3) is 0 Å². The lowest BCUT2D eigenvalue weighted by atomic mass is 9.96. The Labute approximate surface area is 110 Å². The second kappa shape index (κ2) is 6.02. The molecule has 0 spiro atoms. The van der Waals surface area contributed by atoms with Gasteiger partial charge < -0.3 is 15.8 Å². The van der Waals surface area contributed by atoms with Gasteiger partial charge in [0.05, 0.1) is 11.6 Å². The number of nitrogens with one attached hydrogen (secondary N) is 1. The lowest BCUT2D eigenvalue weighted by molar-refractivity contribution is -0.125. The highest BCUT2D eigenvalue weighted by atomic mass is 16.5. The molecule has 2 fully saturated rings. The summed E-state index contributed by atoms with van der Waals surface area (Å²) in [7, 11) is 0. The highest BCUT2D eigenvalue weighted by Gasteiger charge is 2.36. The van der Waals surface area contributed by atoms with Crippen LogP contribution >= 0.6 is 0 Å². The van der Waals surface area contributed by atoms with Crippen molar-refractivity contribution < 1.29 is 9.53 Å². The second-order valence-corrected chi connectivity index (χ2v) is 6.00. The van der Waals surface area contributed by atoms with E-state index in [0.29, 0.717) is 25.2 Å². The molecular formula is C14H26N2O2. The molecule has 104 valence electrons. The number of carbonyl (C=O) groups is 1. The third kappa shape index (κ3) is 3.95. The van der Waals surface area contributed by atoms with Gasteiger partial charge in [0, 0.05) is 12.6 Å². The smallest absolute Gasteiger partial charge is 0.237 e. The van der Waals surface area contributed by atoms with Crippen LogP contribution in [0.5, 0.6) is 0 Å². The van der Waals surface area contributed by atoms with Crippen molar-refractivity contribution in [3.05, 3.63) is 0 Å². The molecule has 18 heavy (non-hydrogen) atoms. The van der Waals surface area contributed by atoms with Gasteiger partial charge in [-0.2, -0.15) is 0 Å². The fraction of sp³-hybridized carbons (Fsp3) is 0.929. The van der Waals surface area contributed by atoms with Crippen LogP contribution in [-0.2, 0) is 9.53 Å².